The largest absolute Gasteiger partial charge is 0.330 e. The van der Waals surface area contributed by atoms with Crippen LogP contribution in [0.25, 0.3) is 0 Å². The molecule has 16 heavy (non-hydrogen) atoms. The monoisotopic (exact) mass is 229 g/mol. The lowest BCUT2D eigenvalue weighted by Crippen LogP contribution is -2.49. The van der Waals surface area contributed by atoms with Crippen molar-refractivity contribution in [3.63, 3.8) is 0 Å². The molecule has 3 nitrogen and oxygen atoms in total. The molecule has 0 amide bonds. The predicted molar refractivity (Wildman–Crippen MR) is 72.6 cm³/mol. The Kier molecular flexibility index (Phi) is 7.20. The van der Waals surface area contributed by atoms with Crippen molar-refractivity contribution in [2.75, 3.05) is 27.2 Å². The zero-order chi connectivity index (χ0) is 12.8. The average molecular weight is 229 g/mol. The number of rotatable bonds is 8. The Balaban J connectivity index is 4.79. The smallest absolute Gasteiger partial charge is 0.00901 e. The summed E-state index contributed by atoms with van der Waals surface area (Å²) >= 11 is 0. The highest BCUT2D eigenvalue weighted by Crippen LogP contribution is 2.36. The first-order chi connectivity index (χ1) is 7.45. The summed E-state index contributed by atoms with van der Waals surface area (Å²) in [6.07, 6.45) is 1.18. The maximum absolute atomic E-state index is 6.00. The molecule has 0 bridgehead atoms. The van der Waals surface area contributed by atoms with Gasteiger partial charge in [0.15, 0.2) is 0 Å². The summed E-state index contributed by atoms with van der Waals surface area (Å²) in [5.41, 5.74) is 6.23. The summed E-state index contributed by atoms with van der Waals surface area (Å²) in [6, 6.07) is 0.479. The number of nitrogens with two attached hydrogens (primary N) is 1. The molecule has 0 aliphatic carbocycles. The van der Waals surface area contributed by atoms with Gasteiger partial charge in [0.1, 0.15) is 0 Å². The molecule has 0 aliphatic rings. The van der Waals surface area contributed by atoms with Crippen LogP contribution in [0.1, 0.15) is 34.1 Å². The highest BCUT2D eigenvalue weighted by molar-refractivity contribution is 4.90. The van der Waals surface area contributed by atoms with E-state index in [0.29, 0.717) is 17.9 Å². The average Bonchev–Trinajstić information content (AvgIpc) is 2.27. The summed E-state index contributed by atoms with van der Waals surface area (Å²) in [5.74, 6) is 1.20. The first-order valence-corrected chi connectivity index (χ1v) is 6.47. The molecule has 0 fully saturated rings. The van der Waals surface area contributed by atoms with E-state index in [-0.39, 0.29) is 5.41 Å². The van der Waals surface area contributed by atoms with Crippen LogP contribution in [-0.2, 0) is 0 Å². The van der Waals surface area contributed by atoms with Crippen LogP contribution in [-0.4, -0.2) is 33.2 Å². The molecule has 3 atom stereocenters. The van der Waals surface area contributed by atoms with E-state index in [0.717, 1.165) is 13.1 Å². The lowest BCUT2D eigenvalue weighted by Gasteiger charge is -2.43. The normalized spacial score (nSPS) is 18.2. The van der Waals surface area contributed by atoms with E-state index in [2.05, 4.69) is 38.3 Å². The molecule has 0 aromatic carbocycles. The van der Waals surface area contributed by atoms with E-state index in [1.54, 1.807) is 0 Å². The highest BCUT2D eigenvalue weighted by Gasteiger charge is 2.37. The molecule has 0 radical (unpaired) electrons. The van der Waals surface area contributed by atoms with E-state index in [1.807, 2.05) is 14.1 Å². The Morgan fingerprint density at radius 2 is 1.81 bits per heavy atom. The van der Waals surface area contributed by atoms with Crippen molar-refractivity contribution in [1.82, 2.24) is 10.6 Å². The van der Waals surface area contributed by atoms with Crippen molar-refractivity contribution in [2.24, 2.45) is 23.0 Å². The first kappa shape index (κ1) is 15.9. The van der Waals surface area contributed by atoms with Crippen LogP contribution in [0.3, 0.4) is 0 Å². The molecular formula is C13H31N3. The Hall–Kier alpha value is -0.120. The lowest BCUT2D eigenvalue weighted by molar-refractivity contribution is 0.102. The summed E-state index contributed by atoms with van der Waals surface area (Å²) in [6.45, 7) is 11.0. The van der Waals surface area contributed by atoms with Gasteiger partial charge >= 0.3 is 0 Å². The fourth-order valence-electron chi connectivity index (χ4n) is 2.63. The molecule has 0 saturated carbocycles. The molecule has 3 unspecified atom stereocenters. The van der Waals surface area contributed by atoms with Gasteiger partial charge in [0.25, 0.3) is 0 Å². The molecule has 0 rings (SSSR count). The Labute approximate surface area is 102 Å². The third-order valence-electron chi connectivity index (χ3n) is 4.32. The molecule has 0 aliphatic heterocycles. The van der Waals surface area contributed by atoms with Crippen molar-refractivity contribution in [2.45, 2.75) is 40.2 Å². The molecule has 0 saturated heterocycles. The zero-order valence-corrected chi connectivity index (χ0v) is 11.9. The van der Waals surface area contributed by atoms with Gasteiger partial charge in [0.05, 0.1) is 0 Å². The molecular weight excluding hydrogens is 198 g/mol. The van der Waals surface area contributed by atoms with Gasteiger partial charge in [-0.2, -0.15) is 0 Å². The van der Waals surface area contributed by atoms with E-state index < -0.39 is 0 Å². The predicted octanol–water partition coefficient (Wildman–Crippen LogP) is 1.44. The van der Waals surface area contributed by atoms with Crippen molar-refractivity contribution in [1.29, 1.82) is 0 Å². The molecule has 98 valence electrons. The van der Waals surface area contributed by atoms with Crippen LogP contribution in [0.15, 0.2) is 0 Å². The van der Waals surface area contributed by atoms with Crippen molar-refractivity contribution < 1.29 is 0 Å². The Bertz CT molecular complexity index is 180. The summed E-state index contributed by atoms with van der Waals surface area (Å²) in [5, 5.41) is 6.65. The Morgan fingerprint density at radius 3 is 2.12 bits per heavy atom. The van der Waals surface area contributed by atoms with E-state index in [9.17, 15) is 0 Å². The van der Waals surface area contributed by atoms with Crippen LogP contribution in [0, 0.1) is 17.3 Å². The van der Waals surface area contributed by atoms with Crippen LogP contribution in [0.5, 0.6) is 0 Å². The topological polar surface area (TPSA) is 50.1 Å². The molecule has 3 heteroatoms. The van der Waals surface area contributed by atoms with E-state index in [1.165, 1.54) is 6.42 Å². The second-order valence-corrected chi connectivity index (χ2v) is 5.40. The molecule has 0 aromatic rings. The van der Waals surface area contributed by atoms with Gasteiger partial charge in [-0.1, -0.05) is 27.2 Å². The minimum absolute atomic E-state index is 0.223. The first-order valence-electron chi connectivity index (χ1n) is 6.47. The minimum Gasteiger partial charge on any atom is -0.330 e. The highest BCUT2D eigenvalue weighted by atomic mass is 14.9. The number of nitrogens with one attached hydrogen (secondary N) is 2. The third-order valence-corrected chi connectivity index (χ3v) is 4.32. The van der Waals surface area contributed by atoms with Gasteiger partial charge in [-0.25, -0.2) is 0 Å². The van der Waals surface area contributed by atoms with Crippen LogP contribution >= 0.6 is 0 Å². The number of hydrogen-bond donors (Lipinski definition) is 3. The van der Waals surface area contributed by atoms with Crippen molar-refractivity contribution >= 4 is 0 Å². The van der Waals surface area contributed by atoms with E-state index >= 15 is 0 Å². The third kappa shape index (κ3) is 3.72. The maximum atomic E-state index is 6.00. The van der Waals surface area contributed by atoms with Crippen LogP contribution < -0.4 is 16.4 Å². The minimum atomic E-state index is 0.223. The second-order valence-electron chi connectivity index (χ2n) is 5.40. The quantitative estimate of drug-likeness (QED) is 0.590. The van der Waals surface area contributed by atoms with Gasteiger partial charge in [-0.3, -0.25) is 0 Å². The van der Waals surface area contributed by atoms with Gasteiger partial charge in [-0.15, -0.1) is 0 Å². The van der Waals surface area contributed by atoms with Crippen molar-refractivity contribution in [3.8, 4) is 0 Å². The fraction of sp³-hybridized carbons (Fsp3) is 1.00. The van der Waals surface area contributed by atoms with Gasteiger partial charge in [-0.05, 0) is 51.4 Å². The number of hydrogen-bond acceptors (Lipinski definition) is 3. The SMILES string of the molecule is CCC(CNC)C(CN)C(C)(C)C(C)NC. The molecule has 4 N–H and O–H groups in total. The second kappa shape index (κ2) is 7.25. The summed E-state index contributed by atoms with van der Waals surface area (Å²) in [7, 11) is 4.05. The standard InChI is InChI=1S/C13H31N3/c1-7-11(9-15-5)12(8-14)13(3,4)10(2)16-6/h10-12,15-16H,7-9,14H2,1-6H3. The lowest BCUT2D eigenvalue weighted by atomic mass is 9.67. The fourth-order valence-corrected chi connectivity index (χ4v) is 2.63. The van der Waals surface area contributed by atoms with E-state index in [4.69, 9.17) is 5.73 Å². The summed E-state index contributed by atoms with van der Waals surface area (Å²) in [4.78, 5) is 0. The molecule has 0 aromatic heterocycles. The molecule has 0 heterocycles. The molecule has 0 spiro atoms. The van der Waals surface area contributed by atoms with Crippen molar-refractivity contribution in [3.05, 3.63) is 0 Å². The Morgan fingerprint density at radius 1 is 1.25 bits per heavy atom. The van der Waals surface area contributed by atoms with Gasteiger partial charge in [0.2, 0.25) is 0 Å². The zero-order valence-electron chi connectivity index (χ0n) is 11.9. The maximum Gasteiger partial charge on any atom is 0.00901 e. The van der Waals surface area contributed by atoms with Crippen LogP contribution in [0.2, 0.25) is 0 Å². The van der Waals surface area contributed by atoms with Crippen LogP contribution in [0.4, 0.5) is 0 Å². The van der Waals surface area contributed by atoms with Gasteiger partial charge < -0.3 is 16.4 Å². The summed E-state index contributed by atoms with van der Waals surface area (Å²) < 4.78 is 0. The van der Waals surface area contributed by atoms with Gasteiger partial charge in [0, 0.05) is 6.04 Å².